The van der Waals surface area contributed by atoms with E-state index in [9.17, 15) is 0 Å². The van der Waals surface area contributed by atoms with Crippen molar-refractivity contribution >= 4 is 11.3 Å². The summed E-state index contributed by atoms with van der Waals surface area (Å²) in [7, 11) is 0. The lowest BCUT2D eigenvalue weighted by Crippen LogP contribution is -2.20. The Morgan fingerprint density at radius 2 is 2.38 bits per heavy atom. The molecule has 0 saturated heterocycles. The molecule has 3 rings (SSSR count). The van der Waals surface area contributed by atoms with Crippen molar-refractivity contribution in [3.63, 3.8) is 0 Å². The van der Waals surface area contributed by atoms with Gasteiger partial charge in [0, 0.05) is 17.6 Å². The van der Waals surface area contributed by atoms with E-state index in [1.165, 1.54) is 37.1 Å². The first-order valence-electron chi connectivity index (χ1n) is 6.50. The van der Waals surface area contributed by atoms with Gasteiger partial charge in [-0.25, -0.2) is 0 Å². The molecule has 0 spiro atoms. The minimum atomic E-state index is 1.01. The monoisotopic (exact) mass is 236 g/mol. The largest absolute Gasteiger partial charge is 0.312 e. The van der Waals surface area contributed by atoms with E-state index in [-0.39, 0.29) is 0 Å². The van der Waals surface area contributed by atoms with Crippen molar-refractivity contribution in [3.8, 4) is 0 Å². The molecular weight excluding hydrogens is 216 g/mol. The Morgan fingerprint density at radius 1 is 1.38 bits per heavy atom. The molecule has 1 N–H and O–H groups in total. The summed E-state index contributed by atoms with van der Waals surface area (Å²) >= 11 is 1.74. The van der Waals surface area contributed by atoms with Gasteiger partial charge in [-0.15, -0.1) is 11.3 Å². The standard InChI is InChI=1S/C13H20N2S/c1-2-11-5-10(1)6-12(11)3-4-14-7-13-8-15-9-16-13/h8-12,14H,1-7H2. The smallest absolute Gasteiger partial charge is 0.0794 e. The molecule has 0 aromatic carbocycles. The van der Waals surface area contributed by atoms with Gasteiger partial charge in [-0.05, 0) is 50.0 Å². The van der Waals surface area contributed by atoms with Gasteiger partial charge in [0.15, 0.2) is 0 Å². The highest BCUT2D eigenvalue weighted by atomic mass is 32.1. The fraction of sp³-hybridized carbons (Fsp3) is 0.769. The van der Waals surface area contributed by atoms with Gasteiger partial charge < -0.3 is 5.32 Å². The third kappa shape index (κ3) is 2.30. The second-order valence-corrected chi connectivity index (χ2v) is 6.34. The van der Waals surface area contributed by atoms with Crippen molar-refractivity contribution < 1.29 is 0 Å². The summed E-state index contributed by atoms with van der Waals surface area (Å²) in [5.41, 5.74) is 1.91. The maximum Gasteiger partial charge on any atom is 0.0794 e. The zero-order valence-corrected chi connectivity index (χ0v) is 10.5. The van der Waals surface area contributed by atoms with Gasteiger partial charge in [-0.1, -0.05) is 6.42 Å². The molecular formula is C13H20N2S. The highest BCUT2D eigenvalue weighted by Crippen LogP contribution is 2.49. The SMILES string of the molecule is c1ncc(CNCCC2CC3CCC2C3)s1. The van der Waals surface area contributed by atoms with Crippen LogP contribution < -0.4 is 5.32 Å². The predicted molar refractivity (Wildman–Crippen MR) is 67.4 cm³/mol. The van der Waals surface area contributed by atoms with Crippen LogP contribution in [0, 0.1) is 17.8 Å². The lowest BCUT2D eigenvalue weighted by atomic mass is 9.86. The lowest BCUT2D eigenvalue weighted by Gasteiger charge is -2.21. The summed E-state index contributed by atoms with van der Waals surface area (Å²) in [6.07, 6.45) is 9.46. The molecule has 3 heteroatoms. The average molecular weight is 236 g/mol. The number of hydrogen-bond donors (Lipinski definition) is 1. The number of nitrogens with one attached hydrogen (secondary N) is 1. The Kier molecular flexibility index (Phi) is 3.25. The van der Waals surface area contributed by atoms with Crippen molar-refractivity contribution in [3.05, 3.63) is 16.6 Å². The molecule has 0 amide bonds. The van der Waals surface area contributed by atoms with Gasteiger partial charge >= 0.3 is 0 Å². The number of fused-ring (bicyclic) bond motifs is 2. The van der Waals surface area contributed by atoms with Gasteiger partial charge in [0.05, 0.1) is 5.51 Å². The van der Waals surface area contributed by atoms with Gasteiger partial charge in [0.25, 0.3) is 0 Å². The summed E-state index contributed by atoms with van der Waals surface area (Å²) < 4.78 is 0. The van der Waals surface area contributed by atoms with Crippen LogP contribution in [-0.2, 0) is 6.54 Å². The van der Waals surface area contributed by atoms with Crippen molar-refractivity contribution in [1.29, 1.82) is 0 Å². The highest BCUT2D eigenvalue weighted by Gasteiger charge is 2.38. The first kappa shape index (κ1) is 10.7. The maximum atomic E-state index is 4.09. The van der Waals surface area contributed by atoms with Gasteiger partial charge in [-0.2, -0.15) is 0 Å². The first-order valence-corrected chi connectivity index (χ1v) is 7.38. The van der Waals surface area contributed by atoms with Gasteiger partial charge in [-0.3, -0.25) is 4.98 Å². The molecule has 2 aliphatic rings. The zero-order valence-electron chi connectivity index (χ0n) is 9.69. The van der Waals surface area contributed by atoms with Crippen LogP contribution in [0.1, 0.15) is 37.0 Å². The van der Waals surface area contributed by atoms with Crippen LogP contribution in [0.25, 0.3) is 0 Å². The molecule has 0 aliphatic heterocycles. The first-order chi connectivity index (χ1) is 7.92. The van der Waals surface area contributed by atoms with E-state index in [1.807, 2.05) is 11.7 Å². The second-order valence-electron chi connectivity index (χ2n) is 5.37. The van der Waals surface area contributed by atoms with E-state index in [4.69, 9.17) is 0 Å². The minimum Gasteiger partial charge on any atom is -0.312 e. The van der Waals surface area contributed by atoms with Crippen LogP contribution in [0.3, 0.4) is 0 Å². The Bertz CT molecular complexity index is 323. The van der Waals surface area contributed by atoms with E-state index in [0.717, 1.165) is 24.3 Å². The summed E-state index contributed by atoms with van der Waals surface area (Å²) in [6, 6.07) is 0. The quantitative estimate of drug-likeness (QED) is 0.795. The molecule has 2 nitrogen and oxygen atoms in total. The molecule has 2 aliphatic carbocycles. The minimum absolute atomic E-state index is 1.01. The zero-order chi connectivity index (χ0) is 10.8. The van der Waals surface area contributed by atoms with E-state index in [1.54, 1.807) is 17.8 Å². The summed E-state index contributed by atoms with van der Waals surface area (Å²) in [6.45, 7) is 2.19. The van der Waals surface area contributed by atoms with Gasteiger partial charge in [0.1, 0.15) is 0 Å². The molecule has 3 unspecified atom stereocenters. The van der Waals surface area contributed by atoms with E-state index in [2.05, 4.69) is 10.3 Å². The summed E-state index contributed by atoms with van der Waals surface area (Å²) in [4.78, 5) is 5.44. The van der Waals surface area contributed by atoms with Crippen LogP contribution in [0.4, 0.5) is 0 Å². The Hall–Kier alpha value is -0.410. The second kappa shape index (κ2) is 4.84. The molecule has 2 bridgehead atoms. The Balaban J connectivity index is 1.35. The van der Waals surface area contributed by atoms with Crippen LogP contribution >= 0.6 is 11.3 Å². The maximum absolute atomic E-state index is 4.09. The van der Waals surface area contributed by atoms with Crippen LogP contribution in [0.2, 0.25) is 0 Å². The number of nitrogens with zero attached hydrogens (tertiary/aromatic N) is 1. The third-order valence-corrected chi connectivity index (χ3v) is 5.14. The number of hydrogen-bond acceptors (Lipinski definition) is 3. The molecule has 3 atom stereocenters. The van der Waals surface area contributed by atoms with Crippen molar-refractivity contribution in [2.75, 3.05) is 6.54 Å². The normalized spacial score (nSPS) is 32.4. The average Bonchev–Trinajstić information content (AvgIpc) is 3.01. The van der Waals surface area contributed by atoms with E-state index in [0.29, 0.717) is 0 Å². The number of rotatable bonds is 5. The molecule has 0 radical (unpaired) electrons. The van der Waals surface area contributed by atoms with Crippen LogP contribution in [0.15, 0.2) is 11.7 Å². The van der Waals surface area contributed by atoms with E-state index < -0.39 is 0 Å². The lowest BCUT2D eigenvalue weighted by molar-refractivity contribution is 0.310. The molecule has 88 valence electrons. The van der Waals surface area contributed by atoms with Gasteiger partial charge in [0.2, 0.25) is 0 Å². The highest BCUT2D eigenvalue weighted by molar-refractivity contribution is 7.09. The Labute approximate surface area is 101 Å². The molecule has 16 heavy (non-hydrogen) atoms. The van der Waals surface area contributed by atoms with Crippen LogP contribution in [-0.4, -0.2) is 11.5 Å². The van der Waals surface area contributed by atoms with E-state index >= 15 is 0 Å². The molecule has 1 heterocycles. The summed E-state index contributed by atoms with van der Waals surface area (Å²) in [5.74, 6) is 3.21. The molecule has 2 fully saturated rings. The van der Waals surface area contributed by atoms with Crippen molar-refractivity contribution in [1.82, 2.24) is 10.3 Å². The number of thiazole rings is 1. The Morgan fingerprint density at radius 3 is 3.06 bits per heavy atom. The van der Waals surface area contributed by atoms with Crippen LogP contribution in [0.5, 0.6) is 0 Å². The number of aromatic nitrogens is 1. The summed E-state index contributed by atoms with van der Waals surface area (Å²) in [5, 5.41) is 3.54. The molecule has 1 aromatic rings. The predicted octanol–water partition coefficient (Wildman–Crippen LogP) is 3.06. The molecule has 2 saturated carbocycles. The fourth-order valence-corrected chi connectivity index (χ4v) is 4.12. The topological polar surface area (TPSA) is 24.9 Å². The van der Waals surface area contributed by atoms with Crippen molar-refractivity contribution in [2.45, 2.75) is 38.6 Å². The third-order valence-electron chi connectivity index (χ3n) is 4.36. The molecule has 1 aromatic heterocycles. The fourth-order valence-electron chi connectivity index (χ4n) is 3.56. The van der Waals surface area contributed by atoms with Crippen molar-refractivity contribution in [2.24, 2.45) is 17.8 Å².